The van der Waals surface area contributed by atoms with E-state index in [9.17, 15) is 0 Å². The predicted molar refractivity (Wildman–Crippen MR) is 222 cm³/mol. The molecule has 0 aliphatic heterocycles. The fourth-order valence-corrected chi connectivity index (χ4v) is 8.97. The Hall–Kier alpha value is -6.44. The Morgan fingerprint density at radius 1 is 0.385 bits per heavy atom. The van der Waals surface area contributed by atoms with Crippen LogP contribution in [-0.4, -0.2) is 4.57 Å². The van der Waals surface area contributed by atoms with Crippen molar-refractivity contribution in [3.05, 3.63) is 186 Å². The van der Waals surface area contributed by atoms with Crippen LogP contribution in [0.1, 0.15) is 30.5 Å². The molecule has 1 aromatic heterocycles. The maximum Gasteiger partial charge on any atom is 0.0541 e. The SMILES string of the molecule is [2H]C([2H])([2H])c1ccc2c(c1)c1cc(C([2H])([2H])[2H])ccc1n2-c1cccc(-c2cccc3c2Cc2c(-c4ccc5c6ccccc6c6ccccc6c5c4)cccc2-3)c1. The molecule has 1 heteroatoms. The van der Waals surface area contributed by atoms with Gasteiger partial charge in [0.1, 0.15) is 0 Å². The van der Waals surface area contributed by atoms with E-state index < -0.39 is 13.7 Å². The third kappa shape index (κ3) is 4.23. The topological polar surface area (TPSA) is 4.93 Å². The molecule has 11 rings (SSSR count). The zero-order valence-corrected chi connectivity index (χ0v) is 28.2. The molecule has 0 radical (unpaired) electrons. The number of hydrogen-bond donors (Lipinski definition) is 0. The van der Waals surface area contributed by atoms with E-state index in [1.165, 1.54) is 65.7 Å². The lowest BCUT2D eigenvalue weighted by atomic mass is 9.90. The number of benzene rings is 9. The van der Waals surface area contributed by atoms with Crippen molar-refractivity contribution in [1.29, 1.82) is 0 Å². The lowest BCUT2D eigenvalue weighted by Crippen LogP contribution is -1.95. The fourth-order valence-electron chi connectivity index (χ4n) is 8.97. The van der Waals surface area contributed by atoms with Gasteiger partial charge in [-0.3, -0.25) is 0 Å². The van der Waals surface area contributed by atoms with Crippen molar-refractivity contribution in [1.82, 2.24) is 4.57 Å². The summed E-state index contributed by atoms with van der Waals surface area (Å²) in [4.78, 5) is 0. The second-order valence-electron chi connectivity index (χ2n) is 14.0. The van der Waals surface area contributed by atoms with Gasteiger partial charge in [0.15, 0.2) is 0 Å². The predicted octanol–water partition coefficient (Wildman–Crippen LogP) is 13.8. The van der Waals surface area contributed by atoms with Crippen molar-refractivity contribution in [3.63, 3.8) is 0 Å². The highest BCUT2D eigenvalue weighted by atomic mass is 15.0. The van der Waals surface area contributed by atoms with E-state index >= 15 is 0 Å². The van der Waals surface area contributed by atoms with E-state index in [0.717, 1.165) is 34.3 Å². The number of aryl methyl sites for hydroxylation is 2. The highest BCUT2D eigenvalue weighted by Crippen LogP contribution is 2.46. The highest BCUT2D eigenvalue weighted by molar-refractivity contribution is 6.25. The van der Waals surface area contributed by atoms with Crippen molar-refractivity contribution < 1.29 is 8.22 Å². The van der Waals surface area contributed by atoms with Gasteiger partial charge in [0.05, 0.1) is 11.0 Å². The van der Waals surface area contributed by atoms with Crippen molar-refractivity contribution in [2.24, 2.45) is 0 Å². The molecular formula is C51H35N. The maximum absolute atomic E-state index is 8.09. The Bertz CT molecular complexity index is 3240. The summed E-state index contributed by atoms with van der Waals surface area (Å²) in [5, 5.41) is 8.99. The van der Waals surface area contributed by atoms with Gasteiger partial charge >= 0.3 is 0 Å². The molecule has 9 aromatic carbocycles. The van der Waals surface area contributed by atoms with Gasteiger partial charge in [-0.05, 0) is 139 Å². The molecule has 0 spiro atoms. The van der Waals surface area contributed by atoms with Crippen molar-refractivity contribution in [3.8, 4) is 39.1 Å². The normalized spacial score (nSPS) is 14.5. The Kier molecular flexibility index (Phi) is 5.06. The molecule has 52 heavy (non-hydrogen) atoms. The molecule has 0 amide bonds. The van der Waals surface area contributed by atoms with E-state index in [-0.39, 0.29) is 11.1 Å². The smallest absolute Gasteiger partial charge is 0.0541 e. The minimum atomic E-state index is -2.30. The molecule has 1 aliphatic rings. The van der Waals surface area contributed by atoms with Crippen LogP contribution in [0.5, 0.6) is 0 Å². The van der Waals surface area contributed by atoms with Crippen LogP contribution in [-0.2, 0) is 6.42 Å². The number of hydrogen-bond acceptors (Lipinski definition) is 0. The third-order valence-corrected chi connectivity index (χ3v) is 11.2. The molecule has 10 aromatic rings. The molecular weight excluding hydrogens is 627 g/mol. The Morgan fingerprint density at radius 3 is 1.46 bits per heavy atom. The summed E-state index contributed by atoms with van der Waals surface area (Å²) < 4.78 is 50.6. The molecule has 0 saturated carbocycles. The van der Waals surface area contributed by atoms with Crippen LogP contribution >= 0.6 is 0 Å². The first-order valence-electron chi connectivity index (χ1n) is 20.8. The van der Waals surface area contributed by atoms with Crippen LogP contribution in [0.15, 0.2) is 164 Å². The average molecular weight is 668 g/mol. The van der Waals surface area contributed by atoms with E-state index in [2.05, 4.69) is 132 Å². The monoisotopic (exact) mass is 667 g/mol. The van der Waals surface area contributed by atoms with Gasteiger partial charge in [-0.1, -0.05) is 132 Å². The van der Waals surface area contributed by atoms with Gasteiger partial charge in [0, 0.05) is 24.7 Å². The van der Waals surface area contributed by atoms with Crippen LogP contribution in [0.2, 0.25) is 0 Å². The first-order chi connectivity index (χ1) is 28.0. The van der Waals surface area contributed by atoms with Gasteiger partial charge in [0.25, 0.3) is 0 Å². The lowest BCUT2D eigenvalue weighted by molar-refractivity contribution is 1.18. The van der Waals surface area contributed by atoms with Crippen LogP contribution in [0.3, 0.4) is 0 Å². The molecule has 0 bridgehead atoms. The summed E-state index contributed by atoms with van der Waals surface area (Å²) in [6.45, 7) is -4.60. The minimum absolute atomic E-state index is 0.219. The zero-order chi connectivity index (χ0) is 39.5. The number of rotatable bonds is 3. The van der Waals surface area contributed by atoms with E-state index in [1.54, 1.807) is 24.3 Å². The average Bonchev–Trinajstić information content (AvgIpc) is 3.78. The fraction of sp³-hybridized carbons (Fsp3) is 0.0588. The third-order valence-electron chi connectivity index (χ3n) is 11.2. The Morgan fingerprint density at radius 2 is 0.885 bits per heavy atom. The summed E-state index contributed by atoms with van der Waals surface area (Å²) in [6.07, 6.45) is 0.795. The summed E-state index contributed by atoms with van der Waals surface area (Å²) in [5.41, 5.74) is 12.8. The van der Waals surface area contributed by atoms with Gasteiger partial charge in [-0.2, -0.15) is 0 Å². The van der Waals surface area contributed by atoms with Gasteiger partial charge < -0.3 is 4.57 Å². The largest absolute Gasteiger partial charge is 0.309 e. The second-order valence-corrected chi connectivity index (χ2v) is 14.0. The van der Waals surface area contributed by atoms with Crippen LogP contribution in [0, 0.1) is 13.7 Å². The second kappa shape index (κ2) is 11.0. The summed E-state index contributed by atoms with van der Waals surface area (Å²) in [6, 6.07) is 56.4. The molecule has 0 unspecified atom stereocenters. The van der Waals surface area contributed by atoms with E-state index in [4.69, 9.17) is 8.22 Å². The zero-order valence-electron chi connectivity index (χ0n) is 34.2. The molecule has 1 nitrogen and oxygen atoms in total. The number of fused-ring (bicyclic) bond motifs is 12. The van der Waals surface area contributed by atoms with Crippen molar-refractivity contribution >= 4 is 54.1 Å². The molecule has 0 saturated heterocycles. The molecule has 0 N–H and O–H groups in total. The molecule has 1 heterocycles. The number of aromatic nitrogens is 1. The Balaban J connectivity index is 1.04. The van der Waals surface area contributed by atoms with Gasteiger partial charge in [0.2, 0.25) is 0 Å². The molecule has 244 valence electrons. The van der Waals surface area contributed by atoms with Crippen LogP contribution in [0.4, 0.5) is 0 Å². The highest BCUT2D eigenvalue weighted by Gasteiger charge is 2.25. The standard InChI is InChI=1S/C51H35N/c1-31-20-24-50-48(26-31)49-27-32(2)21-25-51(49)52(50)35-11-7-10-33(28-35)36-16-8-18-42-43-19-9-17-37(47(43)30-46(36)42)34-22-23-44-40-14-4-3-12-38(40)39-13-5-6-15-41(39)45(44)29-34/h3-29H,30H2,1-2H3/i1D3,2D3. The van der Waals surface area contributed by atoms with Crippen molar-refractivity contribution in [2.45, 2.75) is 20.1 Å². The molecule has 0 fully saturated rings. The van der Waals surface area contributed by atoms with E-state index in [0.29, 0.717) is 10.8 Å². The summed E-state index contributed by atoms with van der Waals surface area (Å²) in [5.74, 6) is 0. The molecule has 1 aliphatic carbocycles. The quantitative estimate of drug-likeness (QED) is 0.165. The number of nitrogens with zero attached hydrogens (tertiary/aromatic N) is 1. The van der Waals surface area contributed by atoms with Crippen LogP contribution in [0.25, 0.3) is 93.2 Å². The first kappa shape index (κ1) is 23.9. The Labute approximate surface area is 311 Å². The van der Waals surface area contributed by atoms with Gasteiger partial charge in [-0.25, -0.2) is 0 Å². The lowest BCUT2D eigenvalue weighted by Gasteiger charge is -2.14. The van der Waals surface area contributed by atoms with E-state index in [1.807, 2.05) is 12.1 Å². The maximum atomic E-state index is 8.09. The van der Waals surface area contributed by atoms with Crippen molar-refractivity contribution in [2.75, 3.05) is 0 Å². The summed E-state index contributed by atoms with van der Waals surface area (Å²) in [7, 11) is 0. The summed E-state index contributed by atoms with van der Waals surface area (Å²) >= 11 is 0. The minimum Gasteiger partial charge on any atom is -0.309 e. The molecule has 0 atom stereocenters. The van der Waals surface area contributed by atoms with Gasteiger partial charge in [-0.15, -0.1) is 0 Å². The first-order valence-corrected chi connectivity index (χ1v) is 17.8. The van der Waals surface area contributed by atoms with Crippen LogP contribution < -0.4 is 0 Å².